The van der Waals surface area contributed by atoms with E-state index in [0.717, 1.165) is 10.9 Å². The predicted molar refractivity (Wildman–Crippen MR) is 58.5 cm³/mol. The molecule has 3 N–H and O–H groups in total. The molecule has 15 heavy (non-hydrogen) atoms. The van der Waals surface area contributed by atoms with Crippen molar-refractivity contribution < 1.29 is 4.74 Å². The highest BCUT2D eigenvalue weighted by Gasteiger charge is 2.05. The third-order valence-corrected chi connectivity index (χ3v) is 1.99. The number of nitrogen functional groups attached to an aromatic ring is 1. The molecule has 0 amide bonds. The van der Waals surface area contributed by atoms with Crippen LogP contribution in [0, 0.1) is 0 Å². The largest absolute Gasteiger partial charge is 0.464 e. The fraction of sp³-hybridized carbons (Fsp3) is 0.200. The Morgan fingerprint density at radius 3 is 2.87 bits per heavy atom. The van der Waals surface area contributed by atoms with E-state index in [2.05, 4.69) is 15.4 Å². The summed E-state index contributed by atoms with van der Waals surface area (Å²) in [4.78, 5) is 8.38. The Labute approximate surface area is 87.3 Å². The molecule has 0 aliphatic heterocycles. The smallest absolute Gasteiger partial charge is 0.318 e. The van der Waals surface area contributed by atoms with Crippen molar-refractivity contribution in [1.29, 1.82) is 0 Å². The topological polar surface area (TPSA) is 73.1 Å². The molecule has 0 fully saturated rings. The average Bonchev–Trinajstić information content (AvgIpc) is 2.28. The summed E-state index contributed by atoms with van der Waals surface area (Å²) in [6.07, 6.45) is 0. The molecule has 5 heteroatoms. The van der Waals surface area contributed by atoms with Crippen molar-refractivity contribution >= 4 is 16.7 Å². The van der Waals surface area contributed by atoms with E-state index in [1.54, 1.807) is 0 Å². The highest BCUT2D eigenvalue weighted by molar-refractivity contribution is 5.88. The van der Waals surface area contributed by atoms with E-state index in [0.29, 0.717) is 18.4 Å². The highest BCUT2D eigenvalue weighted by Crippen LogP contribution is 2.21. The minimum absolute atomic E-state index is 0.337. The van der Waals surface area contributed by atoms with E-state index >= 15 is 0 Å². The van der Waals surface area contributed by atoms with Gasteiger partial charge in [-0.1, -0.05) is 12.1 Å². The van der Waals surface area contributed by atoms with Gasteiger partial charge in [-0.05, 0) is 19.1 Å². The third kappa shape index (κ3) is 1.82. The maximum Gasteiger partial charge on any atom is 0.318 e. The van der Waals surface area contributed by atoms with Crippen LogP contribution in [0.5, 0.6) is 6.01 Å². The van der Waals surface area contributed by atoms with E-state index in [-0.39, 0.29) is 0 Å². The molecule has 5 nitrogen and oxygen atoms in total. The predicted octanol–water partition coefficient (Wildman–Crippen LogP) is 1.31. The lowest BCUT2D eigenvalue weighted by Crippen LogP contribution is -2.10. The summed E-state index contributed by atoms with van der Waals surface area (Å²) in [5, 5.41) is 0.878. The number of hydrazine groups is 1. The molecular weight excluding hydrogens is 192 g/mol. The van der Waals surface area contributed by atoms with E-state index in [4.69, 9.17) is 10.6 Å². The molecule has 1 aromatic carbocycles. The van der Waals surface area contributed by atoms with Gasteiger partial charge in [-0.15, -0.1) is 0 Å². The first kappa shape index (κ1) is 9.67. The lowest BCUT2D eigenvalue weighted by molar-refractivity contribution is 0.314. The van der Waals surface area contributed by atoms with Crippen molar-refractivity contribution in [3.8, 4) is 6.01 Å². The number of benzene rings is 1. The molecular formula is C10H12N4O. The van der Waals surface area contributed by atoms with Crippen LogP contribution in [-0.4, -0.2) is 16.6 Å². The van der Waals surface area contributed by atoms with Gasteiger partial charge in [0.05, 0.1) is 12.1 Å². The van der Waals surface area contributed by atoms with Crippen LogP contribution in [-0.2, 0) is 0 Å². The fourth-order valence-electron chi connectivity index (χ4n) is 1.36. The monoisotopic (exact) mass is 204 g/mol. The van der Waals surface area contributed by atoms with Gasteiger partial charge in [0.2, 0.25) is 0 Å². The third-order valence-electron chi connectivity index (χ3n) is 1.99. The van der Waals surface area contributed by atoms with Crippen LogP contribution in [0.3, 0.4) is 0 Å². The van der Waals surface area contributed by atoms with Gasteiger partial charge in [0.1, 0.15) is 0 Å². The van der Waals surface area contributed by atoms with E-state index in [1.807, 2.05) is 31.2 Å². The minimum Gasteiger partial charge on any atom is -0.464 e. The molecule has 1 aromatic heterocycles. The van der Waals surface area contributed by atoms with E-state index in [1.165, 1.54) is 0 Å². The zero-order valence-corrected chi connectivity index (χ0v) is 8.40. The first-order valence-electron chi connectivity index (χ1n) is 4.71. The zero-order chi connectivity index (χ0) is 10.7. The molecule has 0 saturated heterocycles. The summed E-state index contributed by atoms with van der Waals surface area (Å²) in [5.74, 6) is 5.96. The number of rotatable bonds is 3. The Balaban J connectivity index is 2.60. The molecule has 2 aromatic rings. The van der Waals surface area contributed by atoms with E-state index in [9.17, 15) is 0 Å². The second kappa shape index (κ2) is 4.10. The number of aromatic nitrogens is 2. The summed E-state index contributed by atoms with van der Waals surface area (Å²) < 4.78 is 5.24. The van der Waals surface area contributed by atoms with Crippen LogP contribution in [0.15, 0.2) is 24.3 Å². The minimum atomic E-state index is 0.337. The molecule has 2 rings (SSSR count). The van der Waals surface area contributed by atoms with Crippen LogP contribution >= 0.6 is 0 Å². The van der Waals surface area contributed by atoms with Crippen molar-refractivity contribution in [1.82, 2.24) is 9.97 Å². The summed E-state index contributed by atoms with van der Waals surface area (Å²) in [6.45, 7) is 2.41. The Morgan fingerprint density at radius 1 is 1.33 bits per heavy atom. The van der Waals surface area contributed by atoms with Crippen LogP contribution < -0.4 is 16.0 Å². The summed E-state index contributed by atoms with van der Waals surface area (Å²) in [7, 11) is 0. The molecule has 0 bridgehead atoms. The number of hydrogen-bond acceptors (Lipinski definition) is 5. The molecule has 78 valence electrons. The molecule has 0 aliphatic rings. The number of ether oxygens (including phenoxy) is 1. The molecule has 0 spiro atoms. The summed E-state index contributed by atoms with van der Waals surface area (Å²) in [6, 6.07) is 7.95. The van der Waals surface area contributed by atoms with Crippen molar-refractivity contribution in [3.63, 3.8) is 0 Å². The van der Waals surface area contributed by atoms with Gasteiger partial charge in [-0.3, -0.25) is 0 Å². The van der Waals surface area contributed by atoms with Gasteiger partial charge in [0.15, 0.2) is 5.82 Å². The Morgan fingerprint density at radius 2 is 2.13 bits per heavy atom. The van der Waals surface area contributed by atoms with Crippen LogP contribution in [0.4, 0.5) is 5.82 Å². The Kier molecular flexibility index (Phi) is 2.64. The highest BCUT2D eigenvalue weighted by atomic mass is 16.5. The van der Waals surface area contributed by atoms with Gasteiger partial charge in [-0.25, -0.2) is 5.84 Å². The maximum absolute atomic E-state index is 5.39. The quantitative estimate of drug-likeness (QED) is 0.582. The second-order valence-electron chi connectivity index (χ2n) is 2.95. The number of nitrogens with one attached hydrogen (secondary N) is 1. The van der Waals surface area contributed by atoms with Gasteiger partial charge in [0.25, 0.3) is 0 Å². The molecule has 0 atom stereocenters. The maximum atomic E-state index is 5.39. The summed E-state index contributed by atoms with van der Waals surface area (Å²) in [5.41, 5.74) is 3.35. The summed E-state index contributed by atoms with van der Waals surface area (Å²) >= 11 is 0. The number of para-hydroxylation sites is 1. The number of anilines is 1. The number of fused-ring (bicyclic) bond motifs is 1. The standard InChI is InChI=1S/C10H12N4O/c1-2-15-10-12-8-6-4-3-5-7(8)9(13-10)14-11/h3-6H,2,11H2,1H3,(H,12,13,14). The normalized spacial score (nSPS) is 10.3. The van der Waals surface area contributed by atoms with Gasteiger partial charge >= 0.3 is 6.01 Å². The van der Waals surface area contributed by atoms with Crippen molar-refractivity contribution in [2.45, 2.75) is 6.92 Å². The van der Waals surface area contributed by atoms with Gasteiger partial charge in [-0.2, -0.15) is 9.97 Å². The SMILES string of the molecule is CCOc1nc(NN)c2ccccc2n1. The number of nitrogens with two attached hydrogens (primary N) is 1. The van der Waals surface area contributed by atoms with E-state index < -0.39 is 0 Å². The molecule has 1 heterocycles. The van der Waals surface area contributed by atoms with Gasteiger partial charge < -0.3 is 10.2 Å². The lowest BCUT2D eigenvalue weighted by atomic mass is 10.2. The van der Waals surface area contributed by atoms with Crippen LogP contribution in [0.2, 0.25) is 0 Å². The fourth-order valence-corrected chi connectivity index (χ4v) is 1.36. The van der Waals surface area contributed by atoms with Crippen molar-refractivity contribution in [3.05, 3.63) is 24.3 Å². The van der Waals surface area contributed by atoms with Crippen LogP contribution in [0.25, 0.3) is 10.9 Å². The number of nitrogens with zero attached hydrogens (tertiary/aromatic N) is 2. The zero-order valence-electron chi connectivity index (χ0n) is 8.40. The molecule has 0 aliphatic carbocycles. The molecule has 0 radical (unpaired) electrons. The Bertz CT molecular complexity index is 472. The Hall–Kier alpha value is -1.88. The average molecular weight is 204 g/mol. The van der Waals surface area contributed by atoms with Gasteiger partial charge in [0, 0.05) is 5.39 Å². The van der Waals surface area contributed by atoms with Crippen molar-refractivity contribution in [2.24, 2.45) is 5.84 Å². The van der Waals surface area contributed by atoms with Crippen molar-refractivity contribution in [2.75, 3.05) is 12.0 Å². The lowest BCUT2D eigenvalue weighted by Gasteiger charge is -2.07. The number of hydrogen-bond donors (Lipinski definition) is 2. The first-order valence-corrected chi connectivity index (χ1v) is 4.71. The molecule has 0 unspecified atom stereocenters. The van der Waals surface area contributed by atoms with Crippen LogP contribution in [0.1, 0.15) is 6.92 Å². The molecule has 0 saturated carbocycles. The first-order chi connectivity index (χ1) is 7.35. The second-order valence-corrected chi connectivity index (χ2v) is 2.95.